The van der Waals surface area contributed by atoms with Gasteiger partial charge in [0.05, 0.1) is 16.7 Å². The topological polar surface area (TPSA) is 121 Å². The number of amides is 2. The van der Waals surface area contributed by atoms with Gasteiger partial charge in [0.15, 0.2) is 0 Å². The summed E-state index contributed by atoms with van der Waals surface area (Å²) in [5.41, 5.74) is 1.84. The van der Waals surface area contributed by atoms with Crippen molar-refractivity contribution in [3.63, 3.8) is 0 Å². The number of benzene rings is 1. The lowest BCUT2D eigenvalue weighted by atomic mass is 10.1. The third-order valence-corrected chi connectivity index (χ3v) is 3.84. The summed E-state index contributed by atoms with van der Waals surface area (Å²) in [4.78, 5) is 43.3. The van der Waals surface area contributed by atoms with E-state index in [0.29, 0.717) is 23.1 Å². The quantitative estimate of drug-likeness (QED) is 0.711. The molecule has 2 heterocycles. The van der Waals surface area contributed by atoms with Crippen LogP contribution in [0.5, 0.6) is 0 Å². The SMILES string of the molecule is O=C1CC[C@@H](C(=O)N[C@@H](Cc2cnc3ccccc3n2)C(=O)O)N1. The smallest absolute Gasteiger partial charge is 0.326 e. The maximum absolute atomic E-state index is 12.1. The first-order valence-corrected chi connectivity index (χ1v) is 7.56. The van der Waals surface area contributed by atoms with E-state index in [-0.39, 0.29) is 18.7 Å². The molecule has 0 radical (unpaired) electrons. The van der Waals surface area contributed by atoms with Crippen molar-refractivity contribution >= 4 is 28.8 Å². The highest BCUT2D eigenvalue weighted by atomic mass is 16.4. The van der Waals surface area contributed by atoms with Crippen LogP contribution < -0.4 is 10.6 Å². The van der Waals surface area contributed by atoms with Crippen molar-refractivity contribution in [2.45, 2.75) is 31.3 Å². The normalized spacial score (nSPS) is 18.2. The van der Waals surface area contributed by atoms with Gasteiger partial charge >= 0.3 is 5.97 Å². The Morgan fingerprint density at radius 1 is 1.33 bits per heavy atom. The van der Waals surface area contributed by atoms with Crippen molar-refractivity contribution in [2.24, 2.45) is 0 Å². The number of rotatable bonds is 5. The Kier molecular flexibility index (Phi) is 4.37. The summed E-state index contributed by atoms with van der Waals surface area (Å²) in [7, 11) is 0. The van der Waals surface area contributed by atoms with Gasteiger partial charge in [-0.05, 0) is 18.6 Å². The highest BCUT2D eigenvalue weighted by molar-refractivity contribution is 5.92. The minimum atomic E-state index is -1.16. The fourth-order valence-electron chi connectivity index (χ4n) is 2.59. The van der Waals surface area contributed by atoms with Crippen LogP contribution in [0.2, 0.25) is 0 Å². The Morgan fingerprint density at radius 2 is 2.08 bits per heavy atom. The molecular weight excluding hydrogens is 312 g/mol. The maximum atomic E-state index is 12.1. The molecule has 0 saturated carbocycles. The number of fused-ring (bicyclic) bond motifs is 1. The number of aliphatic carboxylic acids is 1. The van der Waals surface area contributed by atoms with Gasteiger partial charge in [-0.1, -0.05) is 12.1 Å². The van der Waals surface area contributed by atoms with Gasteiger partial charge in [-0.15, -0.1) is 0 Å². The summed E-state index contributed by atoms with van der Waals surface area (Å²) in [5, 5.41) is 14.3. The first kappa shape index (κ1) is 15.9. The predicted octanol–water partition coefficient (Wildman–Crippen LogP) is 0.0203. The van der Waals surface area contributed by atoms with Crippen molar-refractivity contribution in [3.05, 3.63) is 36.2 Å². The van der Waals surface area contributed by atoms with E-state index >= 15 is 0 Å². The zero-order valence-electron chi connectivity index (χ0n) is 12.7. The number of nitrogens with one attached hydrogen (secondary N) is 2. The summed E-state index contributed by atoms with van der Waals surface area (Å²) in [6.45, 7) is 0. The summed E-state index contributed by atoms with van der Waals surface area (Å²) < 4.78 is 0. The van der Waals surface area contributed by atoms with Gasteiger partial charge in [0, 0.05) is 19.0 Å². The number of aromatic nitrogens is 2. The van der Waals surface area contributed by atoms with E-state index in [0.717, 1.165) is 0 Å². The van der Waals surface area contributed by atoms with E-state index in [1.807, 2.05) is 18.2 Å². The number of carboxylic acid groups (broad SMARTS) is 1. The minimum absolute atomic E-state index is 0.0135. The van der Waals surface area contributed by atoms with Crippen molar-refractivity contribution < 1.29 is 19.5 Å². The fraction of sp³-hybridized carbons (Fsp3) is 0.312. The molecule has 0 bridgehead atoms. The molecule has 0 spiro atoms. The lowest BCUT2D eigenvalue weighted by Gasteiger charge is -2.17. The Labute approximate surface area is 137 Å². The van der Waals surface area contributed by atoms with Crippen LogP contribution >= 0.6 is 0 Å². The zero-order chi connectivity index (χ0) is 17.1. The second-order valence-electron chi connectivity index (χ2n) is 5.61. The molecule has 0 unspecified atom stereocenters. The Balaban J connectivity index is 1.72. The third kappa shape index (κ3) is 3.48. The molecule has 24 heavy (non-hydrogen) atoms. The Hall–Kier alpha value is -3.03. The third-order valence-electron chi connectivity index (χ3n) is 3.84. The predicted molar refractivity (Wildman–Crippen MR) is 84.0 cm³/mol. The summed E-state index contributed by atoms with van der Waals surface area (Å²) in [6.07, 6.45) is 2.15. The minimum Gasteiger partial charge on any atom is -0.480 e. The standard InChI is InChI=1S/C16H16N4O4/c21-14-6-5-12(19-14)15(22)20-13(16(23)24)7-9-8-17-10-3-1-2-4-11(10)18-9/h1-4,8,12-13H,5-7H2,(H,19,21)(H,20,22)(H,23,24)/t12-,13-/m0/s1. The molecule has 8 heteroatoms. The number of nitrogens with zero attached hydrogens (tertiary/aromatic N) is 2. The monoisotopic (exact) mass is 328 g/mol. The number of hydrogen-bond acceptors (Lipinski definition) is 5. The lowest BCUT2D eigenvalue weighted by Crippen LogP contribution is -2.49. The molecule has 1 aliphatic rings. The molecule has 8 nitrogen and oxygen atoms in total. The van der Waals surface area contributed by atoms with Gasteiger partial charge in [0.1, 0.15) is 12.1 Å². The van der Waals surface area contributed by atoms with Crippen molar-refractivity contribution in [1.29, 1.82) is 0 Å². The van der Waals surface area contributed by atoms with E-state index < -0.39 is 24.0 Å². The lowest BCUT2D eigenvalue weighted by molar-refractivity contribution is -0.142. The summed E-state index contributed by atoms with van der Waals surface area (Å²) in [6, 6.07) is 5.44. The molecule has 1 saturated heterocycles. The highest BCUT2D eigenvalue weighted by Crippen LogP contribution is 2.11. The second-order valence-corrected chi connectivity index (χ2v) is 5.61. The summed E-state index contributed by atoms with van der Waals surface area (Å²) >= 11 is 0. The molecule has 3 rings (SSSR count). The van der Waals surface area contributed by atoms with E-state index in [1.54, 1.807) is 6.07 Å². The van der Waals surface area contributed by atoms with Crippen molar-refractivity contribution in [2.75, 3.05) is 0 Å². The molecule has 1 aromatic heterocycles. The molecule has 2 amide bonds. The van der Waals surface area contributed by atoms with Crippen LogP contribution in [0.25, 0.3) is 11.0 Å². The van der Waals surface area contributed by atoms with Crippen LogP contribution in [0, 0.1) is 0 Å². The molecule has 2 atom stereocenters. The number of hydrogen-bond donors (Lipinski definition) is 3. The van der Waals surface area contributed by atoms with Gasteiger partial charge in [0.2, 0.25) is 11.8 Å². The number of carbonyl (C=O) groups is 3. The highest BCUT2D eigenvalue weighted by Gasteiger charge is 2.30. The molecule has 1 aliphatic heterocycles. The Morgan fingerprint density at radius 3 is 2.75 bits per heavy atom. The zero-order valence-corrected chi connectivity index (χ0v) is 12.7. The fourth-order valence-corrected chi connectivity index (χ4v) is 2.59. The Bertz CT molecular complexity index is 808. The van der Waals surface area contributed by atoms with Crippen LogP contribution in [0.3, 0.4) is 0 Å². The average molecular weight is 328 g/mol. The van der Waals surface area contributed by atoms with Crippen molar-refractivity contribution in [1.82, 2.24) is 20.6 Å². The van der Waals surface area contributed by atoms with Gasteiger partial charge in [0.25, 0.3) is 0 Å². The molecular formula is C16H16N4O4. The molecule has 2 aromatic rings. The molecule has 1 aromatic carbocycles. The van der Waals surface area contributed by atoms with Crippen LogP contribution in [0.4, 0.5) is 0 Å². The van der Waals surface area contributed by atoms with E-state index in [4.69, 9.17) is 0 Å². The van der Waals surface area contributed by atoms with E-state index in [1.165, 1.54) is 6.20 Å². The van der Waals surface area contributed by atoms with Crippen LogP contribution in [0.1, 0.15) is 18.5 Å². The largest absolute Gasteiger partial charge is 0.480 e. The second kappa shape index (κ2) is 6.61. The molecule has 1 fully saturated rings. The van der Waals surface area contributed by atoms with Crippen molar-refractivity contribution in [3.8, 4) is 0 Å². The van der Waals surface area contributed by atoms with E-state index in [9.17, 15) is 19.5 Å². The average Bonchev–Trinajstić information content (AvgIpc) is 3.00. The van der Waals surface area contributed by atoms with Crippen LogP contribution in [0.15, 0.2) is 30.5 Å². The number of carboxylic acids is 1. The molecule has 124 valence electrons. The van der Waals surface area contributed by atoms with E-state index in [2.05, 4.69) is 20.6 Å². The number of para-hydroxylation sites is 2. The molecule has 3 N–H and O–H groups in total. The molecule has 0 aliphatic carbocycles. The van der Waals surface area contributed by atoms with Gasteiger partial charge in [-0.2, -0.15) is 0 Å². The maximum Gasteiger partial charge on any atom is 0.326 e. The van der Waals surface area contributed by atoms with Crippen LogP contribution in [-0.2, 0) is 20.8 Å². The van der Waals surface area contributed by atoms with Gasteiger partial charge in [-0.3, -0.25) is 14.6 Å². The van der Waals surface area contributed by atoms with Gasteiger partial charge < -0.3 is 15.7 Å². The van der Waals surface area contributed by atoms with Crippen LogP contribution in [-0.4, -0.2) is 44.9 Å². The summed E-state index contributed by atoms with van der Waals surface area (Å²) in [5.74, 6) is -1.87. The first-order chi connectivity index (χ1) is 11.5. The first-order valence-electron chi connectivity index (χ1n) is 7.56. The van der Waals surface area contributed by atoms with Gasteiger partial charge in [-0.25, -0.2) is 9.78 Å². The number of carbonyl (C=O) groups excluding carboxylic acids is 2.